The van der Waals surface area contributed by atoms with Gasteiger partial charge in [0.2, 0.25) is 0 Å². The summed E-state index contributed by atoms with van der Waals surface area (Å²) in [7, 11) is 4.10. The van der Waals surface area contributed by atoms with Gasteiger partial charge in [-0.2, -0.15) is 0 Å². The predicted molar refractivity (Wildman–Crippen MR) is 216 cm³/mol. The average Bonchev–Trinajstić information content (AvgIpc) is 3.10. The summed E-state index contributed by atoms with van der Waals surface area (Å²) in [6.07, 6.45) is 23.4. The van der Waals surface area contributed by atoms with Crippen molar-refractivity contribution in [2.45, 2.75) is 92.9 Å². The van der Waals surface area contributed by atoms with E-state index >= 15 is 0 Å². The lowest BCUT2D eigenvalue weighted by Gasteiger charge is -2.11. The van der Waals surface area contributed by atoms with Crippen LogP contribution >= 0.6 is 0 Å². The molecule has 288 valence electrons. The number of hydrogen-bond acceptors (Lipinski definition) is 8. The largest absolute Gasteiger partial charge is 0.458 e. The number of Topliss-reactive ketones (excluding diaryl/α,β-unsaturated/α-hetero) is 2. The van der Waals surface area contributed by atoms with Gasteiger partial charge in [0.1, 0.15) is 13.2 Å². The zero-order valence-electron chi connectivity index (χ0n) is 33.4. The molecule has 0 aromatic rings. The molecule has 0 saturated heterocycles. The molecule has 0 bridgehead atoms. The topological polar surface area (TPSA) is 93.2 Å². The van der Waals surface area contributed by atoms with Crippen LogP contribution in [0.5, 0.6) is 0 Å². The summed E-state index contributed by atoms with van der Waals surface area (Å²) in [4.78, 5) is 53.5. The van der Waals surface area contributed by atoms with Crippen LogP contribution in [-0.2, 0) is 28.7 Å². The molecule has 0 spiro atoms. The fourth-order valence-electron chi connectivity index (χ4n) is 4.69. The van der Waals surface area contributed by atoms with Gasteiger partial charge in [-0.15, -0.1) is 13.2 Å². The Balaban J connectivity index is 4.40. The second-order valence-electron chi connectivity index (χ2n) is 13.5. The zero-order chi connectivity index (χ0) is 39.3. The van der Waals surface area contributed by atoms with Gasteiger partial charge in [0.25, 0.3) is 0 Å². The molecule has 0 unspecified atom stereocenters. The van der Waals surface area contributed by atoms with E-state index in [0.717, 1.165) is 86.3 Å². The predicted octanol–water partition coefficient (Wildman–Crippen LogP) is 8.80. The molecule has 0 aliphatic carbocycles. The van der Waals surface area contributed by atoms with E-state index in [9.17, 15) is 19.2 Å². The van der Waals surface area contributed by atoms with Crippen molar-refractivity contribution >= 4 is 23.5 Å². The first kappa shape index (κ1) is 47.9. The van der Waals surface area contributed by atoms with Crippen molar-refractivity contribution in [1.82, 2.24) is 9.80 Å². The number of carbonyl (C=O) groups excluding carboxylic acids is 4. The lowest BCUT2D eigenvalue weighted by atomic mass is 10.0. The van der Waals surface area contributed by atoms with E-state index in [-0.39, 0.29) is 24.8 Å². The van der Waals surface area contributed by atoms with Gasteiger partial charge in [-0.1, -0.05) is 59.8 Å². The SMILES string of the molecule is C=CCN(C)C/C=C(\C)CC/C=C(\C)C(=O)CCC=C(C)COC(=O)/C=C/C(=O)OCC(C)=CCCC(=O)/C(C)=C/CC/C(C)=C/CN(C)CC=C. The molecule has 0 rings (SSSR count). The highest BCUT2D eigenvalue weighted by atomic mass is 16.5. The minimum Gasteiger partial charge on any atom is -0.458 e. The quantitative estimate of drug-likeness (QED) is 0.0450. The van der Waals surface area contributed by atoms with Gasteiger partial charge in [0.05, 0.1) is 0 Å². The van der Waals surface area contributed by atoms with Crippen LogP contribution in [0.2, 0.25) is 0 Å². The fraction of sp³-hybridized carbons (Fsp3) is 0.500. The van der Waals surface area contributed by atoms with E-state index < -0.39 is 11.9 Å². The molecule has 0 aromatic carbocycles. The minimum absolute atomic E-state index is 0.0645. The summed E-state index contributed by atoms with van der Waals surface area (Å²) >= 11 is 0. The summed E-state index contributed by atoms with van der Waals surface area (Å²) in [5.41, 5.74) is 5.75. The summed E-state index contributed by atoms with van der Waals surface area (Å²) in [6.45, 7) is 22.7. The first-order valence-electron chi connectivity index (χ1n) is 18.3. The van der Waals surface area contributed by atoms with Crippen molar-refractivity contribution in [2.24, 2.45) is 0 Å². The Morgan fingerprint density at radius 3 is 1.17 bits per heavy atom. The fourth-order valence-corrected chi connectivity index (χ4v) is 4.69. The maximum Gasteiger partial charge on any atom is 0.331 e. The monoisotopic (exact) mass is 718 g/mol. The molecule has 0 aromatic heterocycles. The van der Waals surface area contributed by atoms with Gasteiger partial charge < -0.3 is 9.47 Å². The van der Waals surface area contributed by atoms with E-state index in [2.05, 4.69) is 63.1 Å². The first-order chi connectivity index (χ1) is 24.7. The van der Waals surface area contributed by atoms with Crippen molar-refractivity contribution in [1.29, 1.82) is 0 Å². The van der Waals surface area contributed by atoms with Crippen LogP contribution < -0.4 is 0 Å². The van der Waals surface area contributed by atoms with Gasteiger partial charge in [-0.25, -0.2) is 9.59 Å². The molecule has 0 N–H and O–H groups in total. The van der Waals surface area contributed by atoms with Crippen LogP contribution in [0.3, 0.4) is 0 Å². The molecule has 0 radical (unpaired) electrons. The molecule has 0 heterocycles. The second-order valence-corrected chi connectivity index (χ2v) is 13.5. The number of ether oxygens (including phenoxy) is 2. The van der Waals surface area contributed by atoms with Gasteiger partial charge in [0, 0.05) is 51.2 Å². The summed E-state index contributed by atoms with van der Waals surface area (Å²) < 4.78 is 10.4. The lowest BCUT2D eigenvalue weighted by molar-refractivity contribution is -0.139. The zero-order valence-corrected chi connectivity index (χ0v) is 33.4. The summed E-state index contributed by atoms with van der Waals surface area (Å²) in [6, 6.07) is 0. The maximum atomic E-state index is 12.5. The van der Waals surface area contributed by atoms with E-state index in [4.69, 9.17) is 9.47 Å². The lowest BCUT2D eigenvalue weighted by Crippen LogP contribution is -2.18. The first-order valence-corrected chi connectivity index (χ1v) is 18.3. The third kappa shape index (κ3) is 26.6. The molecule has 8 heteroatoms. The molecule has 0 saturated carbocycles. The number of ketones is 2. The van der Waals surface area contributed by atoms with Crippen LogP contribution in [0.4, 0.5) is 0 Å². The van der Waals surface area contributed by atoms with Crippen LogP contribution in [0.25, 0.3) is 0 Å². The van der Waals surface area contributed by atoms with Crippen LogP contribution in [0.1, 0.15) is 92.9 Å². The van der Waals surface area contributed by atoms with Crippen LogP contribution in [-0.4, -0.2) is 86.8 Å². The smallest absolute Gasteiger partial charge is 0.331 e. The highest BCUT2D eigenvalue weighted by Gasteiger charge is 2.07. The van der Waals surface area contributed by atoms with Gasteiger partial charge in [-0.3, -0.25) is 19.4 Å². The van der Waals surface area contributed by atoms with Crippen LogP contribution in [0.15, 0.2) is 107 Å². The highest BCUT2D eigenvalue weighted by Crippen LogP contribution is 2.12. The Bertz CT molecular complexity index is 1280. The summed E-state index contributed by atoms with van der Waals surface area (Å²) in [5.74, 6) is -1.12. The third-order valence-corrected chi connectivity index (χ3v) is 8.21. The van der Waals surface area contributed by atoms with Gasteiger partial charge >= 0.3 is 11.9 Å². The minimum atomic E-state index is -0.659. The van der Waals surface area contributed by atoms with Crippen molar-refractivity contribution in [3.8, 4) is 0 Å². The maximum absolute atomic E-state index is 12.5. The van der Waals surface area contributed by atoms with E-state index in [1.807, 2.05) is 64.2 Å². The molecule has 0 atom stereocenters. The van der Waals surface area contributed by atoms with Gasteiger partial charge in [-0.05, 0) is 116 Å². The van der Waals surface area contributed by atoms with Gasteiger partial charge in [0.15, 0.2) is 11.6 Å². The number of esters is 2. The standard InChI is InChI=1S/C44H66N2O6/c1-11-29-45(9)31-27-35(3)17-13-21-39(7)41(47)23-15-19-37(5)33-51-43(49)25-26-44(50)52-34-38(6)20-16-24-42(48)40(8)22-14-18-36(4)28-32-46(10)30-12-2/h11-12,19-22,25-28H,1-2,13-18,23-24,29-34H2,3-10H3/b26-25+,35-27+,36-28+,37-19?,38-20?,39-21+,40-22+. The molecule has 52 heavy (non-hydrogen) atoms. The average molecular weight is 719 g/mol. The molecule has 0 aliphatic heterocycles. The number of allylic oxidation sites excluding steroid dienone is 8. The van der Waals surface area contributed by atoms with E-state index in [0.29, 0.717) is 25.7 Å². The molecule has 8 nitrogen and oxygen atoms in total. The van der Waals surface area contributed by atoms with Crippen molar-refractivity contribution in [3.63, 3.8) is 0 Å². The molecular formula is C44H66N2O6. The Labute approximate surface area is 315 Å². The molecular weight excluding hydrogens is 652 g/mol. The van der Waals surface area contributed by atoms with E-state index in [1.165, 1.54) is 11.1 Å². The molecule has 0 amide bonds. The second kappa shape index (κ2) is 29.4. The normalized spacial score (nSPS) is 13.6. The number of hydrogen-bond donors (Lipinski definition) is 0. The molecule has 0 fully saturated rings. The number of rotatable bonds is 28. The van der Waals surface area contributed by atoms with Crippen LogP contribution in [0, 0.1) is 0 Å². The number of nitrogens with zero attached hydrogens (tertiary/aromatic N) is 2. The Hall–Kier alpha value is -4.14. The van der Waals surface area contributed by atoms with Crippen molar-refractivity contribution < 1.29 is 28.7 Å². The Morgan fingerprint density at radius 2 is 0.827 bits per heavy atom. The number of likely N-dealkylation sites (N-methyl/N-ethyl adjacent to an activating group) is 2. The molecule has 0 aliphatic rings. The Morgan fingerprint density at radius 1 is 0.481 bits per heavy atom. The van der Waals surface area contributed by atoms with Crippen molar-refractivity contribution in [3.05, 3.63) is 107 Å². The van der Waals surface area contributed by atoms with E-state index in [1.54, 1.807) is 0 Å². The number of carbonyl (C=O) groups is 4. The highest BCUT2D eigenvalue weighted by molar-refractivity contribution is 5.95. The summed E-state index contributed by atoms with van der Waals surface area (Å²) in [5, 5.41) is 0. The third-order valence-electron chi connectivity index (χ3n) is 8.21. The van der Waals surface area contributed by atoms with Crippen molar-refractivity contribution in [2.75, 3.05) is 53.5 Å². The Kier molecular flexibility index (Phi) is 27.1.